The van der Waals surface area contributed by atoms with E-state index in [1.54, 1.807) is 0 Å². The van der Waals surface area contributed by atoms with Crippen LogP contribution >= 0.6 is 11.6 Å². The minimum Gasteiger partial charge on any atom is -0.456 e. The molecule has 5 heteroatoms. The van der Waals surface area contributed by atoms with Crippen molar-refractivity contribution >= 4 is 23.3 Å². The van der Waals surface area contributed by atoms with Gasteiger partial charge in [0.2, 0.25) is 0 Å². The van der Waals surface area contributed by atoms with Gasteiger partial charge in [-0.05, 0) is 18.4 Å². The van der Waals surface area contributed by atoms with E-state index in [2.05, 4.69) is 5.16 Å². The first kappa shape index (κ1) is 15.5. The van der Waals surface area contributed by atoms with E-state index in [4.69, 9.17) is 21.5 Å². The van der Waals surface area contributed by atoms with E-state index in [0.717, 1.165) is 24.8 Å². The molecule has 0 aromatic heterocycles. The Bertz CT molecular complexity index is 406. The highest BCUT2D eigenvalue weighted by molar-refractivity contribution is 6.36. The highest BCUT2D eigenvalue weighted by Crippen LogP contribution is 2.06. The topological polar surface area (TPSA) is 58.9 Å². The van der Waals surface area contributed by atoms with Crippen molar-refractivity contribution in [3.05, 3.63) is 35.9 Å². The number of carbonyl (C=O) groups excluding carboxylic acids is 1. The number of carbonyl (C=O) groups is 1. The van der Waals surface area contributed by atoms with Crippen LogP contribution in [-0.2, 0) is 16.1 Å². The SMILES string of the molecule is O=C(OCc1ccccc1)/C(CCCCCCl)=N\O. The van der Waals surface area contributed by atoms with Crippen LogP contribution in [0.2, 0.25) is 0 Å². The van der Waals surface area contributed by atoms with Crippen LogP contribution in [-0.4, -0.2) is 22.8 Å². The molecule has 0 aliphatic rings. The van der Waals surface area contributed by atoms with Crippen LogP contribution in [0.4, 0.5) is 0 Å². The Labute approximate surface area is 118 Å². The van der Waals surface area contributed by atoms with E-state index in [9.17, 15) is 4.79 Å². The second-order valence-corrected chi connectivity index (χ2v) is 4.49. The number of alkyl halides is 1. The van der Waals surface area contributed by atoms with Crippen LogP contribution in [0.3, 0.4) is 0 Å². The number of ether oxygens (including phenoxy) is 1. The van der Waals surface area contributed by atoms with Crippen LogP contribution in [0.1, 0.15) is 31.2 Å². The monoisotopic (exact) mass is 283 g/mol. The number of halogens is 1. The zero-order valence-corrected chi connectivity index (χ0v) is 11.5. The number of hydrogen-bond donors (Lipinski definition) is 1. The van der Waals surface area contributed by atoms with Gasteiger partial charge in [0, 0.05) is 12.3 Å². The summed E-state index contributed by atoms with van der Waals surface area (Å²) in [5.74, 6) is 0.0292. The summed E-state index contributed by atoms with van der Waals surface area (Å²) in [5.41, 5.74) is 0.959. The first-order valence-corrected chi connectivity index (χ1v) is 6.79. The molecule has 0 aliphatic carbocycles. The molecule has 104 valence electrons. The highest BCUT2D eigenvalue weighted by Gasteiger charge is 2.13. The van der Waals surface area contributed by atoms with Gasteiger partial charge in [0.05, 0.1) is 0 Å². The molecule has 1 aromatic carbocycles. The molecule has 0 unspecified atom stereocenters. The van der Waals surface area contributed by atoms with E-state index >= 15 is 0 Å². The van der Waals surface area contributed by atoms with Crippen molar-refractivity contribution in [2.75, 3.05) is 5.88 Å². The van der Waals surface area contributed by atoms with Crippen molar-refractivity contribution in [1.82, 2.24) is 0 Å². The number of nitrogens with zero attached hydrogens (tertiary/aromatic N) is 1. The number of oxime groups is 1. The van der Waals surface area contributed by atoms with Crippen LogP contribution in [0.5, 0.6) is 0 Å². The maximum atomic E-state index is 11.7. The molecule has 1 rings (SSSR count). The van der Waals surface area contributed by atoms with Crippen LogP contribution in [0.15, 0.2) is 35.5 Å². The summed E-state index contributed by atoms with van der Waals surface area (Å²) in [5, 5.41) is 11.8. The summed E-state index contributed by atoms with van der Waals surface area (Å²) in [6, 6.07) is 9.36. The first-order valence-electron chi connectivity index (χ1n) is 6.26. The molecule has 0 heterocycles. The quantitative estimate of drug-likeness (QED) is 0.199. The summed E-state index contributed by atoms with van der Waals surface area (Å²) >= 11 is 5.56. The normalized spacial score (nSPS) is 11.3. The lowest BCUT2D eigenvalue weighted by molar-refractivity contribution is -0.137. The summed E-state index contributed by atoms with van der Waals surface area (Å²) in [6.45, 7) is 0.181. The fourth-order valence-corrected chi connectivity index (χ4v) is 1.75. The summed E-state index contributed by atoms with van der Waals surface area (Å²) < 4.78 is 5.08. The van der Waals surface area contributed by atoms with Crippen molar-refractivity contribution in [3.63, 3.8) is 0 Å². The predicted octanol–water partition coefficient (Wildman–Crippen LogP) is 3.36. The van der Waals surface area contributed by atoms with Gasteiger partial charge in [-0.15, -0.1) is 11.6 Å². The van der Waals surface area contributed by atoms with Gasteiger partial charge in [-0.2, -0.15) is 0 Å². The summed E-state index contributed by atoms with van der Waals surface area (Å²) in [7, 11) is 0. The van der Waals surface area contributed by atoms with Gasteiger partial charge in [0.1, 0.15) is 6.61 Å². The van der Waals surface area contributed by atoms with Gasteiger partial charge in [0.15, 0.2) is 5.71 Å². The standard InChI is InChI=1S/C14H18ClNO3/c15-10-6-2-5-9-13(16-18)14(17)19-11-12-7-3-1-4-8-12/h1,3-4,7-8,18H,2,5-6,9-11H2/b16-13-. The van der Waals surface area contributed by atoms with E-state index in [1.165, 1.54) is 0 Å². The minimum absolute atomic E-state index is 0.0607. The minimum atomic E-state index is -0.572. The first-order chi connectivity index (χ1) is 9.27. The van der Waals surface area contributed by atoms with E-state index < -0.39 is 5.97 Å². The van der Waals surface area contributed by atoms with Gasteiger partial charge >= 0.3 is 5.97 Å². The van der Waals surface area contributed by atoms with Gasteiger partial charge in [0.25, 0.3) is 0 Å². The van der Waals surface area contributed by atoms with Crippen molar-refractivity contribution in [1.29, 1.82) is 0 Å². The van der Waals surface area contributed by atoms with Crippen molar-refractivity contribution in [3.8, 4) is 0 Å². The molecule has 0 fully saturated rings. The lowest BCUT2D eigenvalue weighted by Crippen LogP contribution is -2.17. The van der Waals surface area contributed by atoms with Crippen LogP contribution < -0.4 is 0 Å². The Morgan fingerprint density at radius 3 is 2.58 bits per heavy atom. The lowest BCUT2D eigenvalue weighted by atomic mass is 10.1. The number of hydrogen-bond acceptors (Lipinski definition) is 4. The Hall–Kier alpha value is -1.55. The largest absolute Gasteiger partial charge is 0.456 e. The molecule has 0 amide bonds. The second kappa shape index (κ2) is 9.39. The Morgan fingerprint density at radius 2 is 1.95 bits per heavy atom. The lowest BCUT2D eigenvalue weighted by Gasteiger charge is -2.06. The summed E-state index contributed by atoms with van der Waals surface area (Å²) in [6.07, 6.45) is 2.95. The van der Waals surface area contributed by atoms with E-state index in [1.807, 2.05) is 30.3 Å². The molecule has 0 bridgehead atoms. The maximum Gasteiger partial charge on any atom is 0.356 e. The predicted molar refractivity (Wildman–Crippen MR) is 74.6 cm³/mol. The second-order valence-electron chi connectivity index (χ2n) is 4.11. The molecule has 4 nitrogen and oxygen atoms in total. The Balaban J connectivity index is 2.34. The molecule has 0 radical (unpaired) electrons. The van der Waals surface area contributed by atoms with Crippen molar-refractivity contribution < 1.29 is 14.7 Å². The highest BCUT2D eigenvalue weighted by atomic mass is 35.5. The fourth-order valence-electron chi connectivity index (χ4n) is 1.56. The fraction of sp³-hybridized carbons (Fsp3) is 0.429. The number of unbranched alkanes of at least 4 members (excludes halogenated alkanes) is 2. The molecular formula is C14H18ClNO3. The van der Waals surface area contributed by atoms with Gasteiger partial charge in [-0.3, -0.25) is 0 Å². The molecule has 0 aliphatic heterocycles. The Morgan fingerprint density at radius 1 is 1.21 bits per heavy atom. The molecular weight excluding hydrogens is 266 g/mol. The van der Waals surface area contributed by atoms with Crippen LogP contribution in [0.25, 0.3) is 0 Å². The van der Waals surface area contributed by atoms with Crippen molar-refractivity contribution in [2.24, 2.45) is 5.16 Å². The average molecular weight is 284 g/mol. The molecule has 0 saturated carbocycles. The summed E-state index contributed by atoms with van der Waals surface area (Å²) in [4.78, 5) is 11.7. The third-order valence-corrected chi connectivity index (χ3v) is 2.88. The average Bonchev–Trinajstić information content (AvgIpc) is 2.46. The number of benzene rings is 1. The number of rotatable bonds is 8. The van der Waals surface area contributed by atoms with Gasteiger partial charge in [-0.1, -0.05) is 41.9 Å². The van der Waals surface area contributed by atoms with Crippen LogP contribution in [0, 0.1) is 0 Å². The zero-order valence-electron chi connectivity index (χ0n) is 10.7. The third kappa shape index (κ3) is 6.25. The van der Waals surface area contributed by atoms with Gasteiger partial charge < -0.3 is 9.94 Å². The molecule has 19 heavy (non-hydrogen) atoms. The Kier molecular flexibility index (Phi) is 7.66. The van der Waals surface area contributed by atoms with E-state index in [0.29, 0.717) is 12.3 Å². The molecule has 1 N–H and O–H groups in total. The molecule has 0 saturated heterocycles. The molecule has 0 atom stereocenters. The van der Waals surface area contributed by atoms with E-state index in [-0.39, 0.29) is 12.3 Å². The number of esters is 1. The molecule has 0 spiro atoms. The zero-order chi connectivity index (χ0) is 13.9. The third-order valence-electron chi connectivity index (χ3n) is 2.62. The smallest absolute Gasteiger partial charge is 0.356 e. The molecule has 1 aromatic rings. The maximum absolute atomic E-state index is 11.7. The van der Waals surface area contributed by atoms with Crippen molar-refractivity contribution in [2.45, 2.75) is 32.3 Å². The van der Waals surface area contributed by atoms with Gasteiger partial charge in [-0.25, -0.2) is 4.79 Å².